The second-order valence-electron chi connectivity index (χ2n) is 8.84. The third-order valence-electron chi connectivity index (χ3n) is 6.70. The second-order valence-corrected chi connectivity index (χ2v) is 9.94. The standard InChI is InChI=1S/C23H35N3O4S/c1-6-30-23(29)20-18-8-7-14(2)13-19(18)31-22(20)24-21(28)15(3)26-11-9-17(10-12-26)25(5)16(4)27/h14-15,17H,6-13H2,1-5H3,(H,24,28). The highest BCUT2D eigenvalue weighted by atomic mass is 32.1. The van der Waals surface area contributed by atoms with E-state index in [-0.39, 0.29) is 29.9 Å². The predicted octanol–water partition coefficient (Wildman–Crippen LogP) is 3.32. The summed E-state index contributed by atoms with van der Waals surface area (Å²) >= 11 is 1.52. The molecule has 1 N–H and O–H groups in total. The van der Waals surface area contributed by atoms with Gasteiger partial charge in [0.25, 0.3) is 0 Å². The Morgan fingerprint density at radius 2 is 1.94 bits per heavy atom. The van der Waals surface area contributed by atoms with Crippen molar-refractivity contribution >= 4 is 34.1 Å². The number of carbonyl (C=O) groups is 3. The number of anilines is 1. The lowest BCUT2D eigenvalue weighted by molar-refractivity contribution is -0.131. The summed E-state index contributed by atoms with van der Waals surface area (Å²) in [6, 6.07) is -0.0814. The summed E-state index contributed by atoms with van der Waals surface area (Å²) in [5, 5.41) is 3.67. The molecular weight excluding hydrogens is 414 g/mol. The van der Waals surface area contributed by atoms with Crippen molar-refractivity contribution in [2.24, 2.45) is 5.92 Å². The zero-order valence-electron chi connectivity index (χ0n) is 19.3. The van der Waals surface area contributed by atoms with Crippen LogP contribution in [0.2, 0.25) is 0 Å². The van der Waals surface area contributed by atoms with Crippen LogP contribution in [0.1, 0.15) is 67.8 Å². The first-order valence-electron chi connectivity index (χ1n) is 11.3. The molecule has 1 saturated heterocycles. The lowest BCUT2D eigenvalue weighted by atomic mass is 9.88. The molecule has 1 aliphatic heterocycles. The second kappa shape index (κ2) is 10.1. The molecule has 0 bridgehead atoms. The topological polar surface area (TPSA) is 79.0 Å². The molecule has 2 aliphatic rings. The molecule has 0 spiro atoms. The minimum atomic E-state index is -0.342. The molecule has 2 atom stereocenters. The summed E-state index contributed by atoms with van der Waals surface area (Å²) in [6.45, 7) is 9.36. The zero-order chi connectivity index (χ0) is 22.7. The molecule has 0 aromatic carbocycles. The highest BCUT2D eigenvalue weighted by molar-refractivity contribution is 7.17. The van der Waals surface area contributed by atoms with Gasteiger partial charge in [0, 0.05) is 38.0 Å². The van der Waals surface area contributed by atoms with Gasteiger partial charge in [-0.2, -0.15) is 0 Å². The number of thiophene rings is 1. The fourth-order valence-corrected chi connectivity index (χ4v) is 5.96. The fraction of sp³-hybridized carbons (Fsp3) is 0.696. The number of carbonyl (C=O) groups excluding carboxylic acids is 3. The van der Waals surface area contributed by atoms with Gasteiger partial charge in [0.2, 0.25) is 11.8 Å². The number of rotatable bonds is 6. The van der Waals surface area contributed by atoms with Gasteiger partial charge in [-0.05, 0) is 57.4 Å². The average Bonchev–Trinajstić information content (AvgIpc) is 3.09. The Labute approximate surface area is 189 Å². The monoisotopic (exact) mass is 449 g/mol. The van der Waals surface area contributed by atoms with E-state index in [1.165, 1.54) is 16.2 Å². The first kappa shape index (κ1) is 23.7. The number of hydrogen-bond donors (Lipinski definition) is 1. The van der Waals surface area contributed by atoms with Crippen LogP contribution in [0.4, 0.5) is 5.00 Å². The van der Waals surface area contributed by atoms with E-state index < -0.39 is 0 Å². The molecule has 1 aromatic rings. The van der Waals surface area contributed by atoms with E-state index in [2.05, 4.69) is 17.1 Å². The molecule has 1 aliphatic carbocycles. The quantitative estimate of drug-likeness (QED) is 0.674. The Morgan fingerprint density at radius 1 is 1.26 bits per heavy atom. The molecule has 0 radical (unpaired) electrons. The number of hydrogen-bond acceptors (Lipinski definition) is 6. The minimum absolute atomic E-state index is 0.0757. The third kappa shape index (κ3) is 5.29. The Bertz CT molecular complexity index is 829. The van der Waals surface area contributed by atoms with Gasteiger partial charge >= 0.3 is 5.97 Å². The maximum Gasteiger partial charge on any atom is 0.341 e. The molecule has 3 rings (SSSR count). The molecule has 2 unspecified atom stereocenters. The van der Waals surface area contributed by atoms with E-state index in [1.54, 1.807) is 18.7 Å². The van der Waals surface area contributed by atoms with E-state index in [0.717, 1.165) is 50.8 Å². The Hall–Kier alpha value is -1.93. The number of ether oxygens (including phenoxy) is 1. The van der Waals surface area contributed by atoms with E-state index in [0.29, 0.717) is 23.1 Å². The van der Waals surface area contributed by atoms with Crippen molar-refractivity contribution in [3.63, 3.8) is 0 Å². The highest BCUT2D eigenvalue weighted by Crippen LogP contribution is 2.40. The number of piperidine rings is 1. The number of fused-ring (bicyclic) bond motifs is 1. The molecule has 8 heteroatoms. The van der Waals surface area contributed by atoms with Gasteiger partial charge in [0.1, 0.15) is 5.00 Å². The molecule has 0 saturated carbocycles. The van der Waals surface area contributed by atoms with Gasteiger partial charge in [0.15, 0.2) is 0 Å². The minimum Gasteiger partial charge on any atom is -0.462 e. The Balaban J connectivity index is 1.70. The number of amides is 2. The lowest BCUT2D eigenvalue weighted by Gasteiger charge is -2.38. The van der Waals surface area contributed by atoms with E-state index in [1.807, 2.05) is 14.0 Å². The van der Waals surface area contributed by atoms with Gasteiger partial charge in [-0.1, -0.05) is 6.92 Å². The lowest BCUT2D eigenvalue weighted by Crippen LogP contribution is -2.50. The summed E-state index contributed by atoms with van der Waals surface area (Å²) in [7, 11) is 1.84. The van der Waals surface area contributed by atoms with Crippen molar-refractivity contribution in [2.75, 3.05) is 32.1 Å². The molecule has 172 valence electrons. The van der Waals surface area contributed by atoms with E-state index in [4.69, 9.17) is 4.74 Å². The number of nitrogens with one attached hydrogen (secondary N) is 1. The van der Waals surface area contributed by atoms with Crippen molar-refractivity contribution in [3.8, 4) is 0 Å². The van der Waals surface area contributed by atoms with Crippen LogP contribution < -0.4 is 5.32 Å². The first-order valence-corrected chi connectivity index (χ1v) is 12.1. The molecule has 7 nitrogen and oxygen atoms in total. The van der Waals surface area contributed by atoms with Crippen LogP contribution in [0, 0.1) is 5.92 Å². The summed E-state index contributed by atoms with van der Waals surface area (Å²) in [5.74, 6) is 0.214. The summed E-state index contributed by atoms with van der Waals surface area (Å²) in [6.07, 6.45) is 4.54. The van der Waals surface area contributed by atoms with Crippen molar-refractivity contribution in [1.29, 1.82) is 0 Å². The maximum atomic E-state index is 13.1. The predicted molar refractivity (Wildman–Crippen MR) is 123 cm³/mol. The van der Waals surface area contributed by atoms with Crippen molar-refractivity contribution in [1.82, 2.24) is 9.80 Å². The molecule has 31 heavy (non-hydrogen) atoms. The van der Waals surface area contributed by atoms with Gasteiger partial charge < -0.3 is 15.0 Å². The molecule has 2 heterocycles. The van der Waals surface area contributed by atoms with Gasteiger partial charge in [0.05, 0.1) is 18.2 Å². The van der Waals surface area contributed by atoms with Gasteiger partial charge in [-0.3, -0.25) is 14.5 Å². The van der Waals surface area contributed by atoms with E-state index in [9.17, 15) is 14.4 Å². The van der Waals surface area contributed by atoms with Crippen molar-refractivity contribution in [3.05, 3.63) is 16.0 Å². The Kier molecular flexibility index (Phi) is 7.75. The van der Waals surface area contributed by atoms with Crippen LogP contribution >= 0.6 is 11.3 Å². The Morgan fingerprint density at radius 3 is 2.55 bits per heavy atom. The van der Waals surface area contributed by atoms with Gasteiger partial charge in [-0.15, -0.1) is 11.3 Å². The molecule has 2 amide bonds. The number of likely N-dealkylation sites (tertiary alicyclic amines) is 1. The smallest absolute Gasteiger partial charge is 0.341 e. The number of esters is 1. The largest absolute Gasteiger partial charge is 0.462 e. The average molecular weight is 450 g/mol. The van der Waals surface area contributed by atoms with Crippen LogP contribution in [0.3, 0.4) is 0 Å². The van der Waals surface area contributed by atoms with Crippen LogP contribution in [0.5, 0.6) is 0 Å². The normalized spacial score (nSPS) is 20.6. The maximum absolute atomic E-state index is 13.1. The summed E-state index contributed by atoms with van der Waals surface area (Å²) < 4.78 is 5.31. The van der Waals surface area contributed by atoms with Crippen molar-refractivity contribution < 1.29 is 19.1 Å². The zero-order valence-corrected chi connectivity index (χ0v) is 20.1. The van der Waals surface area contributed by atoms with Crippen molar-refractivity contribution in [2.45, 2.75) is 71.9 Å². The third-order valence-corrected chi connectivity index (χ3v) is 7.87. The van der Waals surface area contributed by atoms with Crippen LogP contribution in [0.15, 0.2) is 0 Å². The summed E-state index contributed by atoms with van der Waals surface area (Å²) in [4.78, 5) is 42.5. The SMILES string of the molecule is CCOC(=O)c1c(NC(=O)C(C)N2CCC(N(C)C(C)=O)CC2)sc2c1CCC(C)C2. The molecule has 1 fully saturated rings. The first-order chi connectivity index (χ1) is 14.7. The molecule has 1 aromatic heterocycles. The number of nitrogens with zero attached hydrogens (tertiary/aromatic N) is 2. The van der Waals surface area contributed by atoms with Crippen LogP contribution in [0.25, 0.3) is 0 Å². The highest BCUT2D eigenvalue weighted by Gasteiger charge is 2.32. The summed E-state index contributed by atoms with van der Waals surface area (Å²) in [5.41, 5.74) is 1.61. The van der Waals surface area contributed by atoms with Crippen LogP contribution in [-0.4, -0.2) is 66.4 Å². The van der Waals surface area contributed by atoms with Crippen LogP contribution in [-0.2, 0) is 27.2 Å². The van der Waals surface area contributed by atoms with Gasteiger partial charge in [-0.25, -0.2) is 4.79 Å². The van der Waals surface area contributed by atoms with E-state index >= 15 is 0 Å². The fourth-order valence-electron chi connectivity index (χ4n) is 4.56. The molecular formula is C23H35N3O4S.